The van der Waals surface area contributed by atoms with Crippen molar-refractivity contribution in [1.29, 1.82) is 0 Å². The Kier molecular flexibility index (Phi) is 4.00. The average molecular weight is 151 g/mol. The second-order valence-electron chi connectivity index (χ2n) is 1.97. The molecule has 0 bridgehead atoms. The zero-order chi connectivity index (χ0) is 6.86. The Morgan fingerprint density at radius 3 is 1.22 bits per heavy atom. The summed E-state index contributed by atoms with van der Waals surface area (Å²) in [5.41, 5.74) is 0. The third-order valence-electron chi connectivity index (χ3n) is 1.30. The van der Waals surface area contributed by atoms with Crippen LogP contribution in [0.4, 0.5) is 0 Å². The monoisotopic (exact) mass is 151 g/mol. The van der Waals surface area contributed by atoms with Crippen molar-refractivity contribution in [3.05, 3.63) is 0 Å². The largest absolute Gasteiger partial charge is 0 e. The fourth-order valence-corrected chi connectivity index (χ4v) is 0.671. The van der Waals surface area contributed by atoms with Crippen LogP contribution in [-0.2, 0) is 0 Å². The summed E-state index contributed by atoms with van der Waals surface area (Å²) in [5.74, 6) is 0. The first-order valence-corrected chi connectivity index (χ1v) is 5.11. The molecular weight excluding hydrogens is 138 g/mol. The van der Waals surface area contributed by atoms with Crippen molar-refractivity contribution in [1.82, 2.24) is 0 Å². The van der Waals surface area contributed by atoms with E-state index in [0.717, 1.165) is 0 Å². The minimum absolute atomic E-state index is 0. The van der Waals surface area contributed by atoms with Crippen molar-refractivity contribution in [3.8, 4) is 0 Å². The summed E-state index contributed by atoms with van der Waals surface area (Å²) in [6.45, 7) is 3.11. The molecule has 0 heterocycles. The molecule has 0 rings (SSSR count). The predicted molar refractivity (Wildman–Crippen MR) is 40.4 cm³/mol. The maximum absolute atomic E-state index is 8.84. The summed E-state index contributed by atoms with van der Waals surface area (Å²) in [6.07, 6.45) is 0.115. The molecule has 0 fully saturated rings. The van der Waals surface area contributed by atoms with Crippen LogP contribution in [0.3, 0.4) is 0 Å². The molecule has 3 nitrogen and oxygen atoms in total. The van der Waals surface area contributed by atoms with Gasteiger partial charge in [0.1, 0.15) is 0 Å². The molecule has 3 radical (unpaired) electrons. The summed E-state index contributed by atoms with van der Waals surface area (Å²) < 4.78 is 0. The van der Waals surface area contributed by atoms with Crippen LogP contribution in [0.15, 0.2) is 0 Å². The van der Waals surface area contributed by atoms with Gasteiger partial charge >= 0.3 is 48.1 Å². The maximum atomic E-state index is 8.84. The Bertz CT molecular complexity index is 79.5. The molecule has 3 N–H and O–H groups in total. The van der Waals surface area contributed by atoms with E-state index in [1.54, 1.807) is 13.8 Å². The van der Waals surface area contributed by atoms with Gasteiger partial charge in [0.25, 0.3) is 0 Å². The average Bonchev–Trinajstić information content (AvgIpc) is 1.68. The van der Waals surface area contributed by atoms with Crippen LogP contribution in [0.2, 0.25) is 0 Å². The number of rotatable bonds is 2. The SMILES string of the molecule is CCP(O)(O)(O)CC.[B]. The second-order valence-corrected chi connectivity index (χ2v) is 5.92. The predicted octanol–water partition coefficient (Wildman–Crippen LogP) is -0.0794. The van der Waals surface area contributed by atoms with E-state index in [0.29, 0.717) is 0 Å². The fourth-order valence-electron chi connectivity index (χ4n) is 0.224. The molecule has 9 heavy (non-hydrogen) atoms. The molecule has 0 aromatic rings. The molecule has 0 saturated carbocycles. The van der Waals surface area contributed by atoms with Crippen LogP contribution in [0, 0.1) is 0 Å². The molecule has 0 unspecified atom stereocenters. The van der Waals surface area contributed by atoms with E-state index in [9.17, 15) is 0 Å². The van der Waals surface area contributed by atoms with E-state index in [2.05, 4.69) is 0 Å². The first kappa shape index (κ1) is 12.1. The van der Waals surface area contributed by atoms with Crippen LogP contribution in [0.1, 0.15) is 13.8 Å². The van der Waals surface area contributed by atoms with Crippen molar-refractivity contribution in [3.63, 3.8) is 0 Å². The molecule has 0 saturated heterocycles. The van der Waals surface area contributed by atoms with E-state index < -0.39 is 7.28 Å². The molecular formula is C4H13BO3P. The smallest absolute Gasteiger partial charge is 0 e. The van der Waals surface area contributed by atoms with Crippen LogP contribution in [0.5, 0.6) is 0 Å². The van der Waals surface area contributed by atoms with Crippen LogP contribution >= 0.6 is 7.28 Å². The maximum Gasteiger partial charge on any atom is 0 e. The van der Waals surface area contributed by atoms with Crippen LogP contribution in [0.25, 0.3) is 0 Å². The van der Waals surface area contributed by atoms with Gasteiger partial charge in [0.05, 0.1) is 0 Å². The summed E-state index contributed by atoms with van der Waals surface area (Å²) in [7, 11) is -4.10. The van der Waals surface area contributed by atoms with Gasteiger partial charge < -0.3 is 0 Å². The molecule has 0 aliphatic carbocycles. The minimum Gasteiger partial charge on any atom is 0 e. The summed E-state index contributed by atoms with van der Waals surface area (Å²) in [4.78, 5) is 26.5. The van der Waals surface area contributed by atoms with Gasteiger partial charge in [-0.3, -0.25) is 0 Å². The Morgan fingerprint density at radius 1 is 1.00 bits per heavy atom. The third-order valence-corrected chi connectivity index (χ3v) is 3.89. The Hall–Kier alpha value is 0.375. The second kappa shape index (κ2) is 2.97. The first-order chi connectivity index (χ1) is 3.39. The molecule has 0 aliphatic rings. The minimum atomic E-state index is -4.10. The third kappa shape index (κ3) is 4.85. The number of hydrogen-bond acceptors (Lipinski definition) is 3. The van der Waals surface area contributed by atoms with Gasteiger partial charge in [-0.25, -0.2) is 0 Å². The van der Waals surface area contributed by atoms with E-state index in [-0.39, 0.29) is 20.7 Å². The molecule has 0 aliphatic heterocycles. The topological polar surface area (TPSA) is 60.7 Å². The molecule has 0 aromatic heterocycles. The fraction of sp³-hybridized carbons (Fsp3) is 1.00. The normalized spacial score (nSPS) is 15.4. The van der Waals surface area contributed by atoms with Gasteiger partial charge in [0, 0.05) is 8.41 Å². The van der Waals surface area contributed by atoms with E-state index in [1.165, 1.54) is 0 Å². The quantitative estimate of drug-likeness (QED) is 0.382. The summed E-state index contributed by atoms with van der Waals surface area (Å²) >= 11 is 0. The van der Waals surface area contributed by atoms with Gasteiger partial charge in [-0.05, 0) is 0 Å². The zero-order valence-corrected chi connectivity index (χ0v) is 6.67. The summed E-state index contributed by atoms with van der Waals surface area (Å²) in [5, 5.41) is 0. The molecule has 0 aromatic carbocycles. The number of hydrogen-bond donors (Lipinski definition) is 3. The molecule has 0 spiro atoms. The Labute approximate surface area is 57.5 Å². The first-order valence-electron chi connectivity index (χ1n) is 2.65. The van der Waals surface area contributed by atoms with Gasteiger partial charge in [-0.2, -0.15) is 0 Å². The van der Waals surface area contributed by atoms with Gasteiger partial charge in [-0.15, -0.1) is 0 Å². The Morgan fingerprint density at radius 2 is 1.22 bits per heavy atom. The zero-order valence-electron chi connectivity index (χ0n) is 5.78. The van der Waals surface area contributed by atoms with E-state index >= 15 is 0 Å². The van der Waals surface area contributed by atoms with Gasteiger partial charge in [0.2, 0.25) is 0 Å². The molecule has 5 heteroatoms. The van der Waals surface area contributed by atoms with Crippen molar-refractivity contribution >= 4 is 15.7 Å². The van der Waals surface area contributed by atoms with Crippen molar-refractivity contribution in [2.75, 3.05) is 12.3 Å². The van der Waals surface area contributed by atoms with Crippen LogP contribution in [-0.4, -0.2) is 35.4 Å². The van der Waals surface area contributed by atoms with Gasteiger partial charge in [-0.1, -0.05) is 0 Å². The molecule has 55 valence electrons. The molecule has 0 atom stereocenters. The van der Waals surface area contributed by atoms with E-state index in [4.69, 9.17) is 14.7 Å². The van der Waals surface area contributed by atoms with Crippen LogP contribution < -0.4 is 0 Å². The van der Waals surface area contributed by atoms with E-state index in [1.807, 2.05) is 0 Å². The van der Waals surface area contributed by atoms with Crippen molar-refractivity contribution < 1.29 is 14.7 Å². The van der Waals surface area contributed by atoms with Gasteiger partial charge in [0.15, 0.2) is 0 Å². The van der Waals surface area contributed by atoms with Crippen molar-refractivity contribution in [2.24, 2.45) is 0 Å². The standard InChI is InChI=1S/C4H13O3P.B/c1-3-8(5,6,7)4-2;/h5-7H,3-4H2,1-2H3;. The Balaban J connectivity index is 0. The summed E-state index contributed by atoms with van der Waals surface area (Å²) in [6, 6.07) is 0. The molecule has 0 amide bonds. The van der Waals surface area contributed by atoms with Crippen molar-refractivity contribution in [2.45, 2.75) is 13.8 Å².